The number of hydrogen-bond acceptors (Lipinski definition) is 5. The molecule has 1 aromatic heterocycles. The standard InChI is InChI=1S/C26H25F2N3O4/c27-18-10-11-23(20(28)14-18)35-16-21-19(26(33)34)15-29-25(30-21)22-8-4-5-13-31(22)24(32)12-9-17-6-2-1-3-7-17/h1-3,6-7,10-11,14-15,22H,4-5,8-9,12-13,16H2,(H,33,34)/t22-/m1/s1. The van der Waals surface area contributed by atoms with Gasteiger partial charge in [-0.15, -0.1) is 0 Å². The Hall–Kier alpha value is -3.88. The van der Waals surface area contributed by atoms with E-state index in [-0.39, 0.29) is 29.5 Å². The van der Waals surface area contributed by atoms with Crippen molar-refractivity contribution >= 4 is 11.9 Å². The predicted molar refractivity (Wildman–Crippen MR) is 123 cm³/mol. The van der Waals surface area contributed by atoms with Gasteiger partial charge >= 0.3 is 5.97 Å². The van der Waals surface area contributed by atoms with Crippen LogP contribution in [0.15, 0.2) is 54.7 Å². The Bertz CT molecular complexity index is 1210. The average Bonchev–Trinajstić information content (AvgIpc) is 2.87. The first-order valence-corrected chi connectivity index (χ1v) is 11.4. The van der Waals surface area contributed by atoms with Gasteiger partial charge in [0.25, 0.3) is 0 Å². The number of carbonyl (C=O) groups is 2. The number of rotatable bonds is 8. The van der Waals surface area contributed by atoms with E-state index in [9.17, 15) is 23.5 Å². The highest BCUT2D eigenvalue weighted by atomic mass is 19.1. The molecule has 1 aliphatic rings. The SMILES string of the molecule is O=C(O)c1cnc([C@H]2CCCCN2C(=O)CCc2ccccc2)nc1COc1ccc(F)cc1F. The Morgan fingerprint density at radius 3 is 2.66 bits per heavy atom. The Morgan fingerprint density at radius 1 is 1.11 bits per heavy atom. The summed E-state index contributed by atoms with van der Waals surface area (Å²) >= 11 is 0. The molecule has 1 N–H and O–H groups in total. The second-order valence-corrected chi connectivity index (χ2v) is 8.34. The van der Waals surface area contributed by atoms with Crippen LogP contribution in [0.1, 0.15) is 59.2 Å². The van der Waals surface area contributed by atoms with Crippen LogP contribution in [-0.4, -0.2) is 38.4 Å². The number of carboxylic acids is 1. The van der Waals surface area contributed by atoms with Gasteiger partial charge in [0.05, 0.1) is 11.7 Å². The number of hydrogen-bond donors (Lipinski definition) is 1. The van der Waals surface area contributed by atoms with Gasteiger partial charge in [0.1, 0.15) is 18.0 Å². The van der Waals surface area contributed by atoms with E-state index in [2.05, 4.69) is 9.97 Å². The Labute approximate surface area is 201 Å². The number of nitrogens with zero attached hydrogens (tertiary/aromatic N) is 3. The maximum Gasteiger partial charge on any atom is 0.339 e. The van der Waals surface area contributed by atoms with E-state index < -0.39 is 23.6 Å². The van der Waals surface area contributed by atoms with Crippen LogP contribution < -0.4 is 4.74 Å². The Morgan fingerprint density at radius 2 is 1.91 bits per heavy atom. The fourth-order valence-electron chi connectivity index (χ4n) is 4.16. The van der Waals surface area contributed by atoms with Crippen LogP contribution in [0.25, 0.3) is 0 Å². The summed E-state index contributed by atoms with van der Waals surface area (Å²) in [5.41, 5.74) is 0.937. The number of aromatic carboxylic acids is 1. The van der Waals surface area contributed by atoms with Crippen LogP contribution in [0.2, 0.25) is 0 Å². The highest BCUT2D eigenvalue weighted by Crippen LogP contribution is 2.30. The molecule has 1 fully saturated rings. The molecule has 3 aromatic rings. The maximum atomic E-state index is 14.0. The Balaban J connectivity index is 1.53. The zero-order valence-electron chi connectivity index (χ0n) is 19.0. The maximum absolute atomic E-state index is 14.0. The number of likely N-dealkylation sites (tertiary alicyclic amines) is 1. The summed E-state index contributed by atoms with van der Waals surface area (Å²) < 4.78 is 32.5. The van der Waals surface area contributed by atoms with Crippen molar-refractivity contribution in [1.82, 2.24) is 14.9 Å². The molecular weight excluding hydrogens is 456 g/mol. The molecule has 0 saturated carbocycles. The lowest BCUT2D eigenvalue weighted by atomic mass is 9.99. The summed E-state index contributed by atoms with van der Waals surface area (Å²) in [7, 11) is 0. The van der Waals surface area contributed by atoms with Crippen LogP contribution in [0.3, 0.4) is 0 Å². The van der Waals surface area contributed by atoms with E-state index in [4.69, 9.17) is 4.74 Å². The van der Waals surface area contributed by atoms with Crippen molar-refractivity contribution in [3.63, 3.8) is 0 Å². The van der Waals surface area contributed by atoms with Gasteiger partial charge < -0.3 is 14.7 Å². The second kappa shape index (κ2) is 11.0. The molecule has 1 aliphatic heterocycles. The van der Waals surface area contributed by atoms with Crippen LogP contribution in [-0.2, 0) is 17.8 Å². The summed E-state index contributed by atoms with van der Waals surface area (Å²) in [6.07, 6.45) is 4.53. The number of carboxylic acid groups (broad SMARTS) is 1. The molecule has 0 unspecified atom stereocenters. The molecule has 1 atom stereocenters. The third kappa shape index (κ3) is 5.98. The van der Waals surface area contributed by atoms with Crippen LogP contribution in [0.4, 0.5) is 8.78 Å². The number of amides is 1. The molecule has 0 bridgehead atoms. The zero-order chi connectivity index (χ0) is 24.8. The summed E-state index contributed by atoms with van der Waals surface area (Å²) in [5, 5.41) is 9.55. The molecule has 1 saturated heterocycles. The van der Waals surface area contributed by atoms with Crippen LogP contribution in [0, 0.1) is 11.6 Å². The largest absolute Gasteiger partial charge is 0.484 e. The first-order valence-electron chi connectivity index (χ1n) is 11.4. The second-order valence-electron chi connectivity index (χ2n) is 8.34. The molecule has 2 heterocycles. The van der Waals surface area contributed by atoms with Gasteiger partial charge in [-0.3, -0.25) is 4.79 Å². The van der Waals surface area contributed by atoms with Gasteiger partial charge in [-0.2, -0.15) is 0 Å². The number of ether oxygens (including phenoxy) is 1. The minimum atomic E-state index is -1.26. The molecular formula is C26H25F2N3O4. The highest BCUT2D eigenvalue weighted by Gasteiger charge is 2.30. The van der Waals surface area contributed by atoms with Crippen molar-refractivity contribution in [3.05, 3.63) is 89.0 Å². The summed E-state index contributed by atoms with van der Waals surface area (Å²) in [6.45, 7) is 0.212. The molecule has 182 valence electrons. The average molecular weight is 481 g/mol. The zero-order valence-corrected chi connectivity index (χ0v) is 19.0. The number of halogens is 2. The lowest BCUT2D eigenvalue weighted by molar-refractivity contribution is -0.135. The van der Waals surface area contributed by atoms with Crippen LogP contribution >= 0.6 is 0 Å². The van der Waals surface area contributed by atoms with E-state index in [0.29, 0.717) is 37.7 Å². The smallest absolute Gasteiger partial charge is 0.339 e. The number of benzene rings is 2. The number of carbonyl (C=O) groups excluding carboxylic acids is 1. The lowest BCUT2D eigenvalue weighted by Gasteiger charge is -2.35. The molecule has 0 spiro atoms. The van der Waals surface area contributed by atoms with E-state index in [0.717, 1.165) is 30.5 Å². The Kier molecular flexibility index (Phi) is 7.64. The van der Waals surface area contributed by atoms with Crippen molar-refractivity contribution in [2.24, 2.45) is 0 Å². The molecule has 1 amide bonds. The third-order valence-electron chi connectivity index (χ3n) is 5.97. The molecule has 35 heavy (non-hydrogen) atoms. The fourth-order valence-corrected chi connectivity index (χ4v) is 4.16. The summed E-state index contributed by atoms with van der Waals surface area (Å²) in [5.74, 6) is -2.83. The van der Waals surface area contributed by atoms with Gasteiger partial charge in [0.2, 0.25) is 5.91 Å². The molecule has 9 heteroatoms. The van der Waals surface area contributed by atoms with E-state index >= 15 is 0 Å². The number of aryl methyl sites for hydroxylation is 1. The highest BCUT2D eigenvalue weighted by molar-refractivity contribution is 5.88. The first kappa shape index (κ1) is 24.3. The number of aromatic nitrogens is 2. The monoisotopic (exact) mass is 481 g/mol. The van der Waals surface area contributed by atoms with Crippen LogP contribution in [0.5, 0.6) is 5.75 Å². The molecule has 2 aromatic carbocycles. The quantitative estimate of drug-likeness (QED) is 0.501. The van der Waals surface area contributed by atoms with Crippen molar-refractivity contribution < 1.29 is 28.2 Å². The van der Waals surface area contributed by atoms with Gasteiger partial charge in [-0.1, -0.05) is 30.3 Å². The van der Waals surface area contributed by atoms with E-state index in [1.165, 1.54) is 6.20 Å². The predicted octanol–water partition coefficient (Wildman–Crippen LogP) is 4.72. The molecule has 0 aliphatic carbocycles. The third-order valence-corrected chi connectivity index (χ3v) is 5.97. The van der Waals surface area contributed by atoms with E-state index in [1.54, 1.807) is 4.90 Å². The molecule has 0 radical (unpaired) electrons. The summed E-state index contributed by atoms with van der Waals surface area (Å²) in [6, 6.07) is 12.2. The normalized spacial score (nSPS) is 15.6. The minimum Gasteiger partial charge on any atom is -0.484 e. The van der Waals surface area contributed by atoms with Crippen molar-refractivity contribution in [2.45, 2.75) is 44.8 Å². The minimum absolute atomic E-state index is 0.0179. The first-order chi connectivity index (χ1) is 16.9. The lowest BCUT2D eigenvalue weighted by Crippen LogP contribution is -2.39. The van der Waals surface area contributed by atoms with Gasteiger partial charge in [-0.05, 0) is 43.4 Å². The van der Waals surface area contributed by atoms with E-state index in [1.807, 2.05) is 30.3 Å². The van der Waals surface area contributed by atoms with Crippen molar-refractivity contribution in [2.75, 3.05) is 6.54 Å². The van der Waals surface area contributed by atoms with Gasteiger partial charge in [0.15, 0.2) is 17.4 Å². The topological polar surface area (TPSA) is 92.6 Å². The van der Waals surface area contributed by atoms with Gasteiger partial charge in [0, 0.05) is 25.2 Å². The van der Waals surface area contributed by atoms with Crippen molar-refractivity contribution in [3.8, 4) is 5.75 Å². The molecule has 7 nitrogen and oxygen atoms in total. The van der Waals surface area contributed by atoms with Crippen molar-refractivity contribution in [1.29, 1.82) is 0 Å². The fraction of sp³-hybridized carbons (Fsp3) is 0.308. The van der Waals surface area contributed by atoms with Gasteiger partial charge in [-0.25, -0.2) is 23.5 Å². The summed E-state index contributed by atoms with van der Waals surface area (Å²) in [4.78, 5) is 35.2. The number of piperidine rings is 1. The molecule has 4 rings (SSSR count).